The molecule has 2 aromatic heterocycles. The molecule has 0 aliphatic heterocycles. The monoisotopic (exact) mass is 494 g/mol. The number of nitrogens with one attached hydrogen (secondary N) is 2. The van der Waals surface area contributed by atoms with E-state index in [4.69, 9.17) is 0 Å². The minimum absolute atomic E-state index is 0.133. The van der Waals surface area contributed by atoms with Crippen LogP contribution in [0.4, 0.5) is 5.69 Å². The number of aromatic nitrogens is 2. The van der Waals surface area contributed by atoms with Crippen LogP contribution in [0.25, 0.3) is 10.9 Å². The molecule has 2 aromatic carbocycles. The molecule has 190 valence electrons. The van der Waals surface area contributed by atoms with E-state index >= 15 is 0 Å². The molecule has 1 fully saturated rings. The van der Waals surface area contributed by atoms with E-state index in [9.17, 15) is 9.59 Å². The smallest absolute Gasteiger partial charge is 0.248 e. The second-order valence-electron chi connectivity index (χ2n) is 9.85. The van der Waals surface area contributed by atoms with Crippen LogP contribution in [0.5, 0.6) is 0 Å². The maximum atomic E-state index is 14.1. The first kappa shape index (κ1) is 24.8. The van der Waals surface area contributed by atoms with Crippen molar-refractivity contribution >= 4 is 28.4 Å². The number of aryl methyl sites for hydroxylation is 1. The normalized spacial score (nSPS) is 14.8. The first-order valence-corrected chi connectivity index (χ1v) is 13.3. The summed E-state index contributed by atoms with van der Waals surface area (Å²) < 4.78 is 0. The molecule has 1 atom stereocenters. The highest BCUT2D eigenvalue weighted by Gasteiger charge is 2.34. The van der Waals surface area contributed by atoms with Crippen molar-refractivity contribution in [3.05, 3.63) is 95.9 Å². The van der Waals surface area contributed by atoms with Crippen molar-refractivity contribution in [3.63, 3.8) is 0 Å². The Hall–Kier alpha value is -3.93. The Balaban J connectivity index is 1.54. The van der Waals surface area contributed by atoms with E-state index in [2.05, 4.69) is 22.2 Å². The summed E-state index contributed by atoms with van der Waals surface area (Å²) in [5.41, 5.74) is 4.48. The van der Waals surface area contributed by atoms with Crippen LogP contribution in [0, 0.1) is 0 Å². The fraction of sp³-hybridized carbons (Fsp3) is 0.323. The predicted octanol–water partition coefficient (Wildman–Crippen LogP) is 5.89. The molecule has 37 heavy (non-hydrogen) atoms. The number of amides is 2. The lowest BCUT2D eigenvalue weighted by molar-refractivity contribution is -0.127. The van der Waals surface area contributed by atoms with Gasteiger partial charge in [-0.05, 0) is 54.7 Å². The molecule has 1 saturated carbocycles. The van der Waals surface area contributed by atoms with Crippen LogP contribution in [-0.4, -0.2) is 27.8 Å². The fourth-order valence-corrected chi connectivity index (χ4v) is 5.34. The second-order valence-corrected chi connectivity index (χ2v) is 9.85. The Morgan fingerprint density at radius 1 is 1.03 bits per heavy atom. The van der Waals surface area contributed by atoms with Gasteiger partial charge in [-0.1, -0.05) is 62.6 Å². The highest BCUT2D eigenvalue weighted by molar-refractivity contribution is 6.03. The lowest BCUT2D eigenvalue weighted by Gasteiger charge is -2.33. The van der Waals surface area contributed by atoms with Gasteiger partial charge in [0.25, 0.3) is 0 Å². The summed E-state index contributed by atoms with van der Waals surface area (Å²) in [7, 11) is 0. The standard InChI is InChI=1S/C31H34N4O2/c1-2-22-14-16-26(17-15-22)35(29(36)19-24-21-33-28-13-7-6-12-27(24)28)30(23-9-8-18-32-20-23)31(37)34-25-10-4-3-5-11-25/h6-9,12-18,20-21,25,30,33H,2-5,10-11,19H2,1H3,(H,34,37)/t30-/m0/s1. The molecule has 1 aliphatic rings. The van der Waals surface area contributed by atoms with Gasteiger partial charge in [-0.15, -0.1) is 0 Å². The average molecular weight is 495 g/mol. The van der Waals surface area contributed by atoms with Crippen molar-refractivity contribution in [2.24, 2.45) is 0 Å². The van der Waals surface area contributed by atoms with Crippen molar-refractivity contribution in [1.82, 2.24) is 15.3 Å². The highest BCUT2D eigenvalue weighted by atomic mass is 16.2. The molecule has 0 radical (unpaired) electrons. The summed E-state index contributed by atoms with van der Waals surface area (Å²) in [5.74, 6) is -0.298. The zero-order valence-corrected chi connectivity index (χ0v) is 21.3. The minimum atomic E-state index is -0.819. The third kappa shape index (κ3) is 5.58. The summed E-state index contributed by atoms with van der Waals surface area (Å²) >= 11 is 0. The first-order chi connectivity index (χ1) is 18.1. The molecule has 4 aromatic rings. The topological polar surface area (TPSA) is 78.1 Å². The minimum Gasteiger partial charge on any atom is -0.361 e. The predicted molar refractivity (Wildman–Crippen MR) is 147 cm³/mol. The Morgan fingerprint density at radius 2 is 1.81 bits per heavy atom. The number of pyridine rings is 1. The van der Waals surface area contributed by atoms with Crippen LogP contribution in [0.2, 0.25) is 0 Å². The molecular formula is C31H34N4O2. The number of rotatable bonds is 8. The molecule has 5 rings (SSSR count). The fourth-order valence-electron chi connectivity index (χ4n) is 5.34. The first-order valence-electron chi connectivity index (χ1n) is 13.3. The van der Waals surface area contributed by atoms with E-state index in [0.717, 1.165) is 48.6 Å². The lowest BCUT2D eigenvalue weighted by Crippen LogP contribution is -2.47. The van der Waals surface area contributed by atoms with E-state index < -0.39 is 6.04 Å². The van der Waals surface area contributed by atoms with Crippen molar-refractivity contribution in [1.29, 1.82) is 0 Å². The molecule has 2 amide bonds. The van der Waals surface area contributed by atoms with Crippen LogP contribution in [0.3, 0.4) is 0 Å². The number of hydrogen-bond acceptors (Lipinski definition) is 3. The quantitative estimate of drug-likeness (QED) is 0.321. The van der Waals surface area contributed by atoms with Gasteiger partial charge >= 0.3 is 0 Å². The van der Waals surface area contributed by atoms with Crippen LogP contribution < -0.4 is 10.2 Å². The molecule has 0 bridgehead atoms. The average Bonchev–Trinajstić information content (AvgIpc) is 3.35. The zero-order valence-electron chi connectivity index (χ0n) is 21.3. The summed E-state index contributed by atoms with van der Waals surface area (Å²) in [4.78, 5) is 37.3. The van der Waals surface area contributed by atoms with Crippen molar-refractivity contribution in [2.75, 3.05) is 4.90 Å². The number of hydrogen-bond donors (Lipinski definition) is 2. The van der Waals surface area contributed by atoms with E-state index in [1.807, 2.05) is 66.9 Å². The maximum Gasteiger partial charge on any atom is 0.248 e. The zero-order chi connectivity index (χ0) is 25.6. The largest absolute Gasteiger partial charge is 0.361 e. The van der Waals surface area contributed by atoms with Gasteiger partial charge < -0.3 is 10.3 Å². The van der Waals surface area contributed by atoms with E-state index in [0.29, 0.717) is 11.3 Å². The van der Waals surface area contributed by atoms with Crippen molar-refractivity contribution in [2.45, 2.75) is 64.0 Å². The van der Waals surface area contributed by atoms with Gasteiger partial charge in [-0.2, -0.15) is 0 Å². The van der Waals surface area contributed by atoms with Gasteiger partial charge in [0.2, 0.25) is 11.8 Å². The molecule has 2 heterocycles. The number of aromatic amines is 1. The van der Waals surface area contributed by atoms with Crippen LogP contribution >= 0.6 is 0 Å². The summed E-state index contributed by atoms with van der Waals surface area (Å²) in [5, 5.41) is 4.28. The van der Waals surface area contributed by atoms with Gasteiger partial charge in [0.15, 0.2) is 0 Å². The van der Waals surface area contributed by atoms with Crippen LogP contribution in [-0.2, 0) is 22.4 Å². The Morgan fingerprint density at radius 3 is 2.54 bits per heavy atom. The number of anilines is 1. The lowest BCUT2D eigenvalue weighted by atomic mass is 9.94. The molecular weight excluding hydrogens is 460 g/mol. The van der Waals surface area contributed by atoms with Crippen molar-refractivity contribution in [3.8, 4) is 0 Å². The molecule has 2 N–H and O–H groups in total. The summed E-state index contributed by atoms with van der Waals surface area (Å²) in [6.07, 6.45) is 11.7. The van der Waals surface area contributed by atoms with E-state index in [-0.39, 0.29) is 24.3 Å². The van der Waals surface area contributed by atoms with Gasteiger partial charge in [0.1, 0.15) is 6.04 Å². The number of nitrogens with zero attached hydrogens (tertiary/aromatic N) is 2. The number of fused-ring (bicyclic) bond motifs is 1. The van der Waals surface area contributed by atoms with Crippen LogP contribution in [0.15, 0.2) is 79.3 Å². The number of carbonyl (C=O) groups is 2. The highest BCUT2D eigenvalue weighted by Crippen LogP contribution is 2.31. The number of H-pyrrole nitrogens is 1. The van der Waals surface area contributed by atoms with Gasteiger partial charge in [0.05, 0.1) is 6.42 Å². The molecule has 0 spiro atoms. The Bertz CT molecular complexity index is 1340. The third-order valence-corrected chi connectivity index (χ3v) is 7.37. The summed E-state index contributed by atoms with van der Waals surface area (Å²) in [6.45, 7) is 2.10. The maximum absolute atomic E-state index is 14.1. The Labute approximate surface area is 218 Å². The summed E-state index contributed by atoms with van der Waals surface area (Å²) in [6, 6.07) is 18.9. The van der Waals surface area contributed by atoms with E-state index in [1.165, 1.54) is 12.0 Å². The molecule has 6 nitrogen and oxygen atoms in total. The van der Waals surface area contributed by atoms with E-state index in [1.54, 1.807) is 17.3 Å². The van der Waals surface area contributed by atoms with Gasteiger partial charge in [0, 0.05) is 46.8 Å². The second kappa shape index (κ2) is 11.4. The SMILES string of the molecule is CCc1ccc(N(C(=O)Cc2c[nH]c3ccccc23)[C@H](C(=O)NC2CCCCC2)c2cccnc2)cc1. The molecule has 0 saturated heterocycles. The van der Waals surface area contributed by atoms with Gasteiger partial charge in [-0.25, -0.2) is 0 Å². The molecule has 0 unspecified atom stereocenters. The number of para-hydroxylation sites is 1. The molecule has 1 aliphatic carbocycles. The van der Waals surface area contributed by atoms with Crippen LogP contribution in [0.1, 0.15) is 61.8 Å². The van der Waals surface area contributed by atoms with Crippen molar-refractivity contribution < 1.29 is 9.59 Å². The third-order valence-electron chi connectivity index (χ3n) is 7.37. The number of carbonyl (C=O) groups excluding carboxylic acids is 2. The number of benzene rings is 2. The van der Waals surface area contributed by atoms with Gasteiger partial charge in [-0.3, -0.25) is 19.5 Å². The Kier molecular flexibility index (Phi) is 7.64. The molecule has 6 heteroatoms.